The number of anilines is 1. The molecule has 0 unspecified atom stereocenters. The lowest BCUT2D eigenvalue weighted by molar-refractivity contribution is -0.275. The summed E-state index contributed by atoms with van der Waals surface area (Å²) >= 11 is 0. The van der Waals surface area contributed by atoms with Crippen molar-refractivity contribution in [3.63, 3.8) is 0 Å². The molecular weight excluding hydrogens is 387 g/mol. The first-order valence-electron chi connectivity index (χ1n) is 6.61. The molecule has 0 saturated carbocycles. The van der Waals surface area contributed by atoms with Crippen LogP contribution in [0.4, 0.5) is 27.8 Å². The molecule has 1 aromatic carbocycles. The zero-order valence-corrected chi connectivity index (χ0v) is 12.6. The number of H-pyrrole nitrogens is 1. The monoisotopic (exact) mass is 394 g/mol. The number of carboxylic acid groups (broad SMARTS) is 2. The molecule has 0 radical (unpaired) electrons. The Morgan fingerprint density at radius 2 is 1.59 bits per heavy atom. The number of alkyl halides is 3. The fraction of sp³-hybridized carbons (Fsp3) is 0.0714. The number of benzene rings is 1. The van der Waals surface area contributed by atoms with Gasteiger partial charge in [0.1, 0.15) is 22.8 Å². The third-order valence-electron chi connectivity index (χ3n) is 3.20. The number of hydrogen-bond acceptors (Lipinski definition) is 5. The minimum Gasteiger partial charge on any atom is -0.478 e. The predicted molar refractivity (Wildman–Crippen MR) is 77.4 cm³/mol. The fourth-order valence-electron chi connectivity index (χ4n) is 2.26. The first kappa shape index (κ1) is 19.7. The lowest BCUT2D eigenvalue weighted by Crippen LogP contribution is -2.25. The van der Waals surface area contributed by atoms with E-state index in [-0.39, 0.29) is 12.1 Å². The van der Waals surface area contributed by atoms with Gasteiger partial charge in [0.25, 0.3) is 5.56 Å². The standard InChI is InChI=1S/C14H7F5N2O6/c15-3-1-2-4(27-14(17,18)19)9(16)5(3)6-7(12(23)24)10(20)21-11(22)8(6)13(25)26/h1-2H,(H,23,24)(H,25,26)(H3,20,21,22). The first-order chi connectivity index (χ1) is 12.3. The topological polar surface area (TPSA) is 143 Å². The Hall–Kier alpha value is -3.64. The summed E-state index contributed by atoms with van der Waals surface area (Å²) in [7, 11) is 0. The maximum Gasteiger partial charge on any atom is 0.573 e. The van der Waals surface area contributed by atoms with E-state index < -0.39 is 69.3 Å². The number of aromatic nitrogens is 1. The van der Waals surface area contributed by atoms with Gasteiger partial charge in [-0.05, 0) is 12.1 Å². The molecule has 13 heteroatoms. The zero-order valence-electron chi connectivity index (χ0n) is 12.6. The molecule has 144 valence electrons. The highest BCUT2D eigenvalue weighted by Gasteiger charge is 2.35. The molecule has 1 heterocycles. The minimum atomic E-state index is -5.39. The van der Waals surface area contributed by atoms with Crippen molar-refractivity contribution in [2.75, 3.05) is 5.73 Å². The SMILES string of the molecule is Nc1[nH]c(=O)c(C(=O)O)c(-c2c(F)ccc(OC(F)(F)F)c2F)c1C(=O)O. The molecule has 0 spiro atoms. The van der Waals surface area contributed by atoms with Gasteiger partial charge in [0, 0.05) is 5.56 Å². The van der Waals surface area contributed by atoms with Crippen molar-refractivity contribution in [1.29, 1.82) is 0 Å². The van der Waals surface area contributed by atoms with Gasteiger partial charge in [0.15, 0.2) is 11.6 Å². The second-order valence-electron chi connectivity index (χ2n) is 4.89. The van der Waals surface area contributed by atoms with Crippen molar-refractivity contribution >= 4 is 17.8 Å². The van der Waals surface area contributed by atoms with Crippen molar-refractivity contribution in [3.8, 4) is 16.9 Å². The molecule has 5 N–H and O–H groups in total. The fourth-order valence-corrected chi connectivity index (χ4v) is 2.26. The highest BCUT2D eigenvalue weighted by molar-refractivity contribution is 6.07. The van der Waals surface area contributed by atoms with Gasteiger partial charge in [-0.1, -0.05) is 0 Å². The van der Waals surface area contributed by atoms with Gasteiger partial charge in [-0.15, -0.1) is 13.2 Å². The average Bonchev–Trinajstić information content (AvgIpc) is 2.47. The highest BCUT2D eigenvalue weighted by Crippen LogP contribution is 2.38. The number of nitrogens with one attached hydrogen (secondary N) is 1. The van der Waals surface area contributed by atoms with Crippen molar-refractivity contribution in [2.24, 2.45) is 0 Å². The number of halogens is 5. The van der Waals surface area contributed by atoms with Gasteiger partial charge in [0.05, 0.1) is 5.56 Å². The van der Waals surface area contributed by atoms with Crippen molar-refractivity contribution in [3.05, 3.63) is 45.2 Å². The predicted octanol–water partition coefficient (Wildman–Crippen LogP) is 2.20. The van der Waals surface area contributed by atoms with Crippen LogP contribution in [0.15, 0.2) is 16.9 Å². The van der Waals surface area contributed by atoms with Crippen molar-refractivity contribution < 1.29 is 46.5 Å². The summed E-state index contributed by atoms with van der Waals surface area (Å²) < 4.78 is 69.1. The molecule has 0 amide bonds. The van der Waals surface area contributed by atoms with E-state index in [9.17, 15) is 41.4 Å². The van der Waals surface area contributed by atoms with Crippen LogP contribution in [-0.4, -0.2) is 33.5 Å². The van der Waals surface area contributed by atoms with Crippen LogP contribution < -0.4 is 16.0 Å². The van der Waals surface area contributed by atoms with Crippen LogP contribution in [0.1, 0.15) is 20.7 Å². The maximum absolute atomic E-state index is 14.5. The molecule has 27 heavy (non-hydrogen) atoms. The Morgan fingerprint density at radius 3 is 2.07 bits per heavy atom. The number of pyridine rings is 1. The molecule has 0 bridgehead atoms. The summed E-state index contributed by atoms with van der Waals surface area (Å²) in [5.74, 6) is -10.4. The number of hydrogen-bond donors (Lipinski definition) is 4. The van der Waals surface area contributed by atoms with E-state index in [1.807, 2.05) is 0 Å². The van der Waals surface area contributed by atoms with Gasteiger partial charge >= 0.3 is 18.3 Å². The molecule has 0 fully saturated rings. The quantitative estimate of drug-likeness (QED) is 0.582. The molecule has 2 rings (SSSR count). The zero-order chi connectivity index (χ0) is 20.7. The lowest BCUT2D eigenvalue weighted by Gasteiger charge is -2.16. The number of ether oxygens (including phenoxy) is 1. The molecule has 0 aliphatic heterocycles. The molecule has 1 aromatic heterocycles. The van der Waals surface area contributed by atoms with Crippen LogP contribution in [0.3, 0.4) is 0 Å². The highest BCUT2D eigenvalue weighted by atomic mass is 19.4. The lowest BCUT2D eigenvalue weighted by atomic mass is 9.94. The summed E-state index contributed by atoms with van der Waals surface area (Å²) in [6.07, 6.45) is -5.39. The van der Waals surface area contributed by atoms with Gasteiger partial charge < -0.3 is 25.7 Å². The summed E-state index contributed by atoms with van der Waals surface area (Å²) in [5.41, 5.74) is -1.80. The summed E-state index contributed by atoms with van der Waals surface area (Å²) in [4.78, 5) is 36.2. The maximum atomic E-state index is 14.5. The van der Waals surface area contributed by atoms with Crippen LogP contribution in [0.5, 0.6) is 5.75 Å². The van der Waals surface area contributed by atoms with Crippen LogP contribution in [0.2, 0.25) is 0 Å². The number of aromatic amines is 1. The van der Waals surface area contributed by atoms with E-state index in [1.54, 1.807) is 4.98 Å². The molecule has 8 nitrogen and oxygen atoms in total. The normalized spacial score (nSPS) is 11.3. The summed E-state index contributed by atoms with van der Waals surface area (Å²) in [5, 5.41) is 18.3. The molecular formula is C14H7F5N2O6. The Kier molecular flexibility index (Phi) is 4.80. The van der Waals surface area contributed by atoms with Gasteiger partial charge in [0.2, 0.25) is 0 Å². The van der Waals surface area contributed by atoms with Crippen LogP contribution in [0.25, 0.3) is 11.1 Å². The largest absolute Gasteiger partial charge is 0.573 e. The summed E-state index contributed by atoms with van der Waals surface area (Å²) in [6.45, 7) is 0. The molecule has 0 aliphatic carbocycles. The van der Waals surface area contributed by atoms with E-state index in [1.165, 1.54) is 0 Å². The number of nitrogens with two attached hydrogens (primary N) is 1. The third kappa shape index (κ3) is 3.65. The second-order valence-corrected chi connectivity index (χ2v) is 4.89. The Balaban J connectivity index is 3.02. The second kappa shape index (κ2) is 6.59. The van der Waals surface area contributed by atoms with E-state index >= 15 is 0 Å². The van der Waals surface area contributed by atoms with Gasteiger partial charge in [-0.25, -0.2) is 18.4 Å². The van der Waals surface area contributed by atoms with Gasteiger partial charge in [-0.3, -0.25) is 4.79 Å². The van der Waals surface area contributed by atoms with Crippen LogP contribution in [0, 0.1) is 11.6 Å². The Morgan fingerprint density at radius 1 is 1.04 bits per heavy atom. The Labute approximate surface area is 144 Å². The number of carbonyl (C=O) groups is 2. The minimum absolute atomic E-state index is 0.249. The molecule has 2 aromatic rings. The number of rotatable bonds is 4. The Bertz CT molecular complexity index is 1010. The first-order valence-corrected chi connectivity index (χ1v) is 6.61. The molecule has 0 saturated heterocycles. The van der Waals surface area contributed by atoms with Gasteiger partial charge in [-0.2, -0.15) is 0 Å². The number of carboxylic acids is 2. The smallest absolute Gasteiger partial charge is 0.478 e. The molecule has 0 aliphatic rings. The van der Waals surface area contributed by atoms with E-state index in [4.69, 9.17) is 10.8 Å². The number of aromatic carboxylic acids is 2. The van der Waals surface area contributed by atoms with Crippen molar-refractivity contribution in [1.82, 2.24) is 4.98 Å². The van der Waals surface area contributed by atoms with Crippen LogP contribution >= 0.6 is 0 Å². The number of nitrogen functional groups attached to an aromatic ring is 1. The van der Waals surface area contributed by atoms with Crippen LogP contribution in [-0.2, 0) is 0 Å². The van der Waals surface area contributed by atoms with E-state index in [0.717, 1.165) is 0 Å². The van der Waals surface area contributed by atoms with E-state index in [0.29, 0.717) is 0 Å². The summed E-state index contributed by atoms with van der Waals surface area (Å²) in [6, 6.07) is 0.521. The molecule has 0 atom stereocenters. The third-order valence-corrected chi connectivity index (χ3v) is 3.20. The van der Waals surface area contributed by atoms with Crippen molar-refractivity contribution in [2.45, 2.75) is 6.36 Å². The van der Waals surface area contributed by atoms with E-state index in [2.05, 4.69) is 4.74 Å². The average molecular weight is 394 g/mol.